The normalized spacial score (nSPS) is 15.9. The van der Waals surface area contributed by atoms with Gasteiger partial charge in [-0.2, -0.15) is 0 Å². The molecule has 0 amide bonds. The van der Waals surface area contributed by atoms with Gasteiger partial charge in [0.05, 0.1) is 0 Å². The summed E-state index contributed by atoms with van der Waals surface area (Å²) in [6, 6.07) is 6.27. The molecule has 1 aromatic carbocycles. The molecule has 0 saturated heterocycles. The van der Waals surface area contributed by atoms with Crippen molar-refractivity contribution in [1.29, 1.82) is 0 Å². The summed E-state index contributed by atoms with van der Waals surface area (Å²) in [7, 11) is 0. The van der Waals surface area contributed by atoms with Crippen molar-refractivity contribution in [2.75, 3.05) is 0 Å². The Bertz CT molecular complexity index is 401. The van der Waals surface area contributed by atoms with Crippen molar-refractivity contribution in [3.63, 3.8) is 0 Å². The van der Waals surface area contributed by atoms with Crippen molar-refractivity contribution < 1.29 is 9.18 Å². The fourth-order valence-electron chi connectivity index (χ4n) is 2.08. The highest BCUT2D eigenvalue weighted by atomic mass is 19.1. The minimum atomic E-state index is -0.497. The minimum Gasteiger partial charge on any atom is -0.299 e. The molecular formula is C15H19FO. The van der Waals surface area contributed by atoms with Gasteiger partial charge in [-0.1, -0.05) is 25.0 Å². The van der Waals surface area contributed by atoms with Gasteiger partial charge in [-0.15, -0.1) is 0 Å². The summed E-state index contributed by atoms with van der Waals surface area (Å²) in [4.78, 5) is 12.2. The molecule has 2 rings (SSSR count). The fourth-order valence-corrected chi connectivity index (χ4v) is 2.08. The van der Waals surface area contributed by atoms with E-state index in [0.29, 0.717) is 6.42 Å². The van der Waals surface area contributed by atoms with E-state index < -0.39 is 5.41 Å². The topological polar surface area (TPSA) is 17.1 Å². The van der Waals surface area contributed by atoms with Gasteiger partial charge < -0.3 is 0 Å². The number of benzene rings is 1. The van der Waals surface area contributed by atoms with Crippen LogP contribution in [0, 0.1) is 11.7 Å². The number of hydrogen-bond donors (Lipinski definition) is 0. The van der Waals surface area contributed by atoms with E-state index in [-0.39, 0.29) is 11.6 Å². The van der Waals surface area contributed by atoms with E-state index in [1.165, 1.54) is 25.0 Å². The molecule has 0 radical (unpaired) electrons. The third-order valence-corrected chi connectivity index (χ3v) is 3.74. The molecular weight excluding hydrogens is 215 g/mol. The smallest absolute Gasteiger partial charge is 0.142 e. The van der Waals surface area contributed by atoms with Crippen LogP contribution in [-0.2, 0) is 10.2 Å². The van der Waals surface area contributed by atoms with Crippen molar-refractivity contribution >= 4 is 5.78 Å². The second kappa shape index (κ2) is 4.59. The summed E-state index contributed by atoms with van der Waals surface area (Å²) in [5.41, 5.74) is 0.405. The third kappa shape index (κ3) is 2.93. The van der Waals surface area contributed by atoms with E-state index in [2.05, 4.69) is 0 Å². The Hall–Kier alpha value is -1.18. The van der Waals surface area contributed by atoms with E-state index in [4.69, 9.17) is 0 Å². The van der Waals surface area contributed by atoms with Crippen molar-refractivity contribution in [3.8, 4) is 0 Å². The minimum absolute atomic E-state index is 0.255. The third-order valence-electron chi connectivity index (χ3n) is 3.74. The van der Waals surface area contributed by atoms with Gasteiger partial charge >= 0.3 is 0 Å². The number of carbonyl (C=O) groups is 1. The fraction of sp³-hybridized carbons (Fsp3) is 0.533. The first-order valence-corrected chi connectivity index (χ1v) is 6.29. The van der Waals surface area contributed by atoms with Crippen LogP contribution < -0.4 is 0 Å². The van der Waals surface area contributed by atoms with Crippen LogP contribution in [0.1, 0.15) is 45.1 Å². The Balaban J connectivity index is 2.04. The second-order valence-electron chi connectivity index (χ2n) is 5.54. The molecule has 17 heavy (non-hydrogen) atoms. The molecule has 0 heterocycles. The van der Waals surface area contributed by atoms with E-state index in [0.717, 1.165) is 17.9 Å². The number of halogens is 1. The largest absolute Gasteiger partial charge is 0.299 e. The monoisotopic (exact) mass is 234 g/mol. The zero-order valence-corrected chi connectivity index (χ0v) is 10.5. The lowest BCUT2D eigenvalue weighted by atomic mass is 9.79. The van der Waals surface area contributed by atoms with Crippen LogP contribution in [-0.4, -0.2) is 5.78 Å². The van der Waals surface area contributed by atoms with Gasteiger partial charge in [-0.05, 0) is 43.9 Å². The molecule has 1 aliphatic carbocycles. The Morgan fingerprint density at radius 2 is 1.88 bits per heavy atom. The quantitative estimate of drug-likeness (QED) is 0.756. The van der Waals surface area contributed by atoms with Crippen LogP contribution >= 0.6 is 0 Å². The summed E-state index contributed by atoms with van der Waals surface area (Å²) in [6.07, 6.45) is 4.23. The zero-order valence-electron chi connectivity index (χ0n) is 10.5. The standard InChI is InChI=1S/C15H19FO/c1-15(2,12-6-8-13(16)9-7-12)14(17)10-5-11-3-4-11/h6-9,11H,3-5,10H2,1-2H3. The van der Waals surface area contributed by atoms with Gasteiger partial charge in [0.15, 0.2) is 0 Å². The number of carbonyl (C=O) groups excluding carboxylic acids is 1. The highest BCUT2D eigenvalue weighted by Gasteiger charge is 2.31. The van der Waals surface area contributed by atoms with Gasteiger partial charge in [0.2, 0.25) is 0 Å². The van der Waals surface area contributed by atoms with E-state index in [1.54, 1.807) is 12.1 Å². The van der Waals surface area contributed by atoms with E-state index >= 15 is 0 Å². The maximum Gasteiger partial charge on any atom is 0.142 e. The van der Waals surface area contributed by atoms with Crippen molar-refractivity contribution in [2.24, 2.45) is 5.92 Å². The van der Waals surface area contributed by atoms with Crippen LogP contribution in [0.3, 0.4) is 0 Å². The number of ketones is 1. The Morgan fingerprint density at radius 3 is 2.41 bits per heavy atom. The summed E-state index contributed by atoms with van der Waals surface area (Å²) >= 11 is 0. The second-order valence-corrected chi connectivity index (χ2v) is 5.54. The van der Waals surface area contributed by atoms with Crippen LogP contribution in [0.5, 0.6) is 0 Å². The van der Waals surface area contributed by atoms with Crippen molar-refractivity contribution in [2.45, 2.75) is 44.9 Å². The number of rotatable bonds is 5. The van der Waals surface area contributed by atoms with Gasteiger partial charge in [-0.25, -0.2) is 4.39 Å². The molecule has 0 atom stereocenters. The van der Waals surface area contributed by atoms with Gasteiger partial charge in [0, 0.05) is 11.8 Å². The van der Waals surface area contributed by atoms with Crippen LogP contribution in [0.15, 0.2) is 24.3 Å². The molecule has 1 aromatic rings. The summed E-state index contributed by atoms with van der Waals surface area (Å²) < 4.78 is 12.9. The van der Waals surface area contributed by atoms with Crippen LogP contribution in [0.25, 0.3) is 0 Å². The highest BCUT2D eigenvalue weighted by Crippen LogP contribution is 2.35. The Labute approximate surface area is 102 Å². The van der Waals surface area contributed by atoms with Gasteiger partial charge in [0.25, 0.3) is 0 Å². The maximum atomic E-state index is 12.9. The number of hydrogen-bond acceptors (Lipinski definition) is 1. The molecule has 2 heteroatoms. The molecule has 1 fully saturated rings. The predicted molar refractivity (Wildman–Crippen MR) is 66.4 cm³/mol. The molecule has 92 valence electrons. The maximum absolute atomic E-state index is 12.9. The molecule has 0 spiro atoms. The van der Waals surface area contributed by atoms with Crippen LogP contribution in [0.2, 0.25) is 0 Å². The average Bonchev–Trinajstić information content (AvgIpc) is 3.10. The zero-order chi connectivity index (χ0) is 12.5. The molecule has 1 nitrogen and oxygen atoms in total. The first-order chi connectivity index (χ1) is 8.00. The molecule has 0 N–H and O–H groups in total. The van der Waals surface area contributed by atoms with E-state index in [1.807, 2.05) is 13.8 Å². The molecule has 0 unspecified atom stereocenters. The SMILES string of the molecule is CC(C)(C(=O)CCC1CC1)c1ccc(F)cc1. The average molecular weight is 234 g/mol. The molecule has 0 aromatic heterocycles. The van der Waals surface area contributed by atoms with Gasteiger partial charge in [-0.3, -0.25) is 4.79 Å². The summed E-state index contributed by atoms with van der Waals surface area (Å²) in [5, 5.41) is 0. The first-order valence-electron chi connectivity index (χ1n) is 6.29. The molecule has 0 aliphatic heterocycles. The lowest BCUT2D eigenvalue weighted by Gasteiger charge is -2.23. The van der Waals surface area contributed by atoms with E-state index in [9.17, 15) is 9.18 Å². The summed E-state index contributed by atoms with van der Waals surface area (Å²) in [6.45, 7) is 3.85. The van der Waals surface area contributed by atoms with Crippen LogP contribution in [0.4, 0.5) is 4.39 Å². The predicted octanol–water partition coefficient (Wildman–Crippen LogP) is 3.86. The number of Topliss-reactive ketones (excluding diaryl/α,β-unsaturated/α-hetero) is 1. The first kappa shape index (κ1) is 12.3. The Kier molecular flexibility index (Phi) is 3.32. The van der Waals surface area contributed by atoms with Crippen molar-refractivity contribution in [3.05, 3.63) is 35.6 Å². The van der Waals surface area contributed by atoms with Gasteiger partial charge in [0.1, 0.15) is 11.6 Å². The molecule has 1 saturated carbocycles. The lowest BCUT2D eigenvalue weighted by molar-refractivity contribution is -0.123. The summed E-state index contributed by atoms with van der Waals surface area (Å²) in [5.74, 6) is 0.786. The highest BCUT2D eigenvalue weighted by molar-refractivity contribution is 5.89. The Morgan fingerprint density at radius 1 is 1.29 bits per heavy atom. The van der Waals surface area contributed by atoms with Crippen molar-refractivity contribution in [1.82, 2.24) is 0 Å². The molecule has 0 bridgehead atoms. The lowest BCUT2D eigenvalue weighted by Crippen LogP contribution is -2.29. The molecule has 1 aliphatic rings.